The summed E-state index contributed by atoms with van der Waals surface area (Å²) in [4.78, 5) is 14.2. The van der Waals surface area contributed by atoms with Crippen LogP contribution in [0, 0.1) is 0 Å². The number of amides is 1. The van der Waals surface area contributed by atoms with Gasteiger partial charge in [-0.2, -0.15) is 0 Å². The van der Waals surface area contributed by atoms with Gasteiger partial charge in [0.25, 0.3) is 5.91 Å². The summed E-state index contributed by atoms with van der Waals surface area (Å²) in [7, 11) is 1.47. The van der Waals surface area contributed by atoms with Crippen LogP contribution in [-0.2, 0) is 0 Å². The molecule has 1 heterocycles. The van der Waals surface area contributed by atoms with Crippen LogP contribution >= 0.6 is 15.9 Å². The van der Waals surface area contributed by atoms with E-state index >= 15 is 0 Å². The Kier molecular flexibility index (Phi) is 4.11. The molecule has 2 rings (SSSR count). The normalized spacial score (nSPS) is 19.0. The van der Waals surface area contributed by atoms with Crippen LogP contribution < -0.4 is 4.74 Å². The van der Waals surface area contributed by atoms with Crippen molar-refractivity contribution in [2.75, 3.05) is 19.0 Å². The molecule has 0 radical (unpaired) electrons. The molecule has 5 heteroatoms. The van der Waals surface area contributed by atoms with Crippen molar-refractivity contribution in [2.45, 2.75) is 18.9 Å². The Balaban J connectivity index is 2.28. The molecular weight excluding hydrogens is 298 g/mol. The third-order valence-electron chi connectivity index (χ3n) is 3.27. The van der Waals surface area contributed by atoms with Gasteiger partial charge in [-0.25, -0.2) is 0 Å². The topological polar surface area (TPSA) is 49.8 Å². The Morgan fingerprint density at radius 1 is 1.61 bits per heavy atom. The minimum absolute atomic E-state index is 0.0785. The van der Waals surface area contributed by atoms with E-state index in [-0.39, 0.29) is 17.7 Å². The second-order valence-corrected chi connectivity index (χ2v) is 4.95. The van der Waals surface area contributed by atoms with Crippen molar-refractivity contribution in [3.8, 4) is 11.5 Å². The van der Waals surface area contributed by atoms with Crippen LogP contribution in [0.5, 0.6) is 11.5 Å². The zero-order valence-corrected chi connectivity index (χ0v) is 11.8. The first kappa shape index (κ1) is 13.2. The lowest BCUT2D eigenvalue weighted by Crippen LogP contribution is -2.36. The molecule has 1 unspecified atom stereocenters. The van der Waals surface area contributed by atoms with Gasteiger partial charge in [-0.15, -0.1) is 0 Å². The van der Waals surface area contributed by atoms with Crippen LogP contribution in [-0.4, -0.2) is 40.9 Å². The number of phenolic OH excluding ortho intramolecular Hbond substituents is 1. The quantitative estimate of drug-likeness (QED) is 0.872. The number of likely N-dealkylation sites (tertiary alicyclic amines) is 1. The van der Waals surface area contributed by atoms with Gasteiger partial charge in [0.05, 0.1) is 12.7 Å². The van der Waals surface area contributed by atoms with Gasteiger partial charge in [0, 0.05) is 17.9 Å². The molecule has 1 aliphatic rings. The molecule has 1 atom stereocenters. The SMILES string of the molecule is COc1cccc(C(=O)N2CCCC2CBr)c1O. The van der Waals surface area contributed by atoms with Crippen LogP contribution in [0.25, 0.3) is 0 Å². The number of para-hydroxylation sites is 1. The van der Waals surface area contributed by atoms with Gasteiger partial charge < -0.3 is 14.7 Å². The van der Waals surface area contributed by atoms with E-state index in [1.807, 2.05) is 4.90 Å². The maximum absolute atomic E-state index is 12.4. The highest BCUT2D eigenvalue weighted by Crippen LogP contribution is 2.32. The minimum atomic E-state index is -0.131. The average Bonchev–Trinajstić information content (AvgIpc) is 2.86. The lowest BCUT2D eigenvalue weighted by atomic mass is 10.1. The summed E-state index contributed by atoms with van der Waals surface area (Å²) in [6, 6.07) is 5.19. The number of carbonyl (C=O) groups excluding carboxylic acids is 1. The van der Waals surface area contributed by atoms with Gasteiger partial charge in [-0.1, -0.05) is 22.0 Å². The fourth-order valence-electron chi connectivity index (χ4n) is 2.28. The third kappa shape index (κ3) is 2.32. The van der Waals surface area contributed by atoms with Gasteiger partial charge in [0.15, 0.2) is 11.5 Å². The lowest BCUT2D eigenvalue weighted by molar-refractivity contribution is 0.0747. The summed E-state index contributed by atoms with van der Waals surface area (Å²) in [5, 5.41) is 10.8. The Labute approximate surface area is 115 Å². The highest BCUT2D eigenvalue weighted by Gasteiger charge is 2.30. The molecular formula is C13H16BrNO3. The monoisotopic (exact) mass is 313 g/mol. The number of alkyl halides is 1. The van der Waals surface area contributed by atoms with Crippen molar-refractivity contribution in [2.24, 2.45) is 0 Å². The molecule has 1 fully saturated rings. The van der Waals surface area contributed by atoms with E-state index in [1.54, 1.807) is 18.2 Å². The average molecular weight is 314 g/mol. The van der Waals surface area contributed by atoms with Crippen LogP contribution in [0.1, 0.15) is 23.2 Å². The number of phenols is 1. The van der Waals surface area contributed by atoms with Gasteiger partial charge in [-0.3, -0.25) is 4.79 Å². The molecule has 18 heavy (non-hydrogen) atoms. The number of aromatic hydroxyl groups is 1. The number of hydrogen-bond acceptors (Lipinski definition) is 3. The van der Waals surface area contributed by atoms with Gasteiger partial charge in [-0.05, 0) is 25.0 Å². The van der Waals surface area contributed by atoms with Gasteiger partial charge >= 0.3 is 0 Å². The maximum Gasteiger partial charge on any atom is 0.258 e. The molecule has 0 bridgehead atoms. The Hall–Kier alpha value is -1.23. The minimum Gasteiger partial charge on any atom is -0.504 e. The highest BCUT2D eigenvalue weighted by atomic mass is 79.9. The Bertz CT molecular complexity index is 450. The number of rotatable bonds is 3. The predicted octanol–water partition coefficient (Wildman–Crippen LogP) is 2.40. The van der Waals surface area contributed by atoms with E-state index in [9.17, 15) is 9.90 Å². The van der Waals surface area contributed by atoms with Crippen molar-refractivity contribution in [1.29, 1.82) is 0 Å². The molecule has 98 valence electrons. The highest BCUT2D eigenvalue weighted by molar-refractivity contribution is 9.09. The van der Waals surface area contributed by atoms with Crippen molar-refractivity contribution < 1.29 is 14.6 Å². The second-order valence-electron chi connectivity index (χ2n) is 4.31. The van der Waals surface area contributed by atoms with Crippen LogP contribution in [0.15, 0.2) is 18.2 Å². The van der Waals surface area contributed by atoms with E-state index in [1.165, 1.54) is 7.11 Å². The molecule has 1 aliphatic heterocycles. The standard InChI is InChI=1S/C13H16BrNO3/c1-18-11-6-2-5-10(12(11)16)13(17)15-7-3-4-9(15)8-14/h2,5-6,9,16H,3-4,7-8H2,1H3. The van der Waals surface area contributed by atoms with Crippen LogP contribution in [0.4, 0.5) is 0 Å². The molecule has 0 saturated carbocycles. The summed E-state index contributed by atoms with van der Waals surface area (Å²) in [5.41, 5.74) is 0.308. The first-order chi connectivity index (χ1) is 8.69. The molecule has 0 aliphatic carbocycles. The number of nitrogens with zero attached hydrogens (tertiary/aromatic N) is 1. The first-order valence-electron chi connectivity index (χ1n) is 5.92. The fraction of sp³-hybridized carbons (Fsp3) is 0.462. The molecule has 1 aromatic carbocycles. The molecule has 1 amide bonds. The molecule has 1 saturated heterocycles. The second kappa shape index (κ2) is 5.61. The third-order valence-corrected chi connectivity index (χ3v) is 4.01. The summed E-state index contributed by atoms with van der Waals surface area (Å²) in [6.07, 6.45) is 2.01. The fourth-order valence-corrected chi connectivity index (χ4v) is 2.95. The largest absolute Gasteiger partial charge is 0.504 e. The Morgan fingerprint density at radius 2 is 2.39 bits per heavy atom. The number of hydrogen-bond donors (Lipinski definition) is 1. The smallest absolute Gasteiger partial charge is 0.258 e. The molecule has 0 aromatic heterocycles. The number of halogens is 1. The summed E-state index contributed by atoms with van der Waals surface area (Å²) in [5.74, 6) is 0.119. The van der Waals surface area contributed by atoms with E-state index in [4.69, 9.17) is 4.74 Å². The lowest BCUT2D eigenvalue weighted by Gasteiger charge is -2.23. The summed E-state index contributed by atoms with van der Waals surface area (Å²) < 4.78 is 5.02. The van der Waals surface area contributed by atoms with Crippen LogP contribution in [0.3, 0.4) is 0 Å². The zero-order valence-electron chi connectivity index (χ0n) is 10.2. The van der Waals surface area contributed by atoms with Gasteiger partial charge in [0.2, 0.25) is 0 Å². The predicted molar refractivity (Wildman–Crippen MR) is 72.5 cm³/mol. The van der Waals surface area contributed by atoms with Crippen LogP contribution in [0.2, 0.25) is 0 Å². The Morgan fingerprint density at radius 3 is 3.06 bits per heavy atom. The van der Waals surface area contributed by atoms with Crippen molar-refractivity contribution in [1.82, 2.24) is 4.90 Å². The number of ether oxygens (including phenoxy) is 1. The van der Waals surface area contributed by atoms with Crippen molar-refractivity contribution in [3.63, 3.8) is 0 Å². The number of benzene rings is 1. The molecule has 4 nitrogen and oxygen atoms in total. The summed E-state index contributed by atoms with van der Waals surface area (Å²) in [6.45, 7) is 0.742. The van der Waals surface area contributed by atoms with Gasteiger partial charge in [0.1, 0.15) is 0 Å². The zero-order chi connectivity index (χ0) is 13.1. The first-order valence-corrected chi connectivity index (χ1v) is 7.04. The molecule has 0 spiro atoms. The van der Waals surface area contributed by atoms with Crippen molar-refractivity contribution >= 4 is 21.8 Å². The maximum atomic E-state index is 12.4. The van der Waals surface area contributed by atoms with E-state index in [2.05, 4.69) is 15.9 Å². The number of methoxy groups -OCH3 is 1. The molecule has 1 N–H and O–H groups in total. The number of carbonyl (C=O) groups is 1. The van der Waals surface area contributed by atoms with Crippen molar-refractivity contribution in [3.05, 3.63) is 23.8 Å². The summed E-state index contributed by atoms with van der Waals surface area (Å²) >= 11 is 3.42. The van der Waals surface area contributed by atoms with E-state index in [0.29, 0.717) is 11.3 Å². The van der Waals surface area contributed by atoms with E-state index < -0.39 is 0 Å². The van der Waals surface area contributed by atoms with E-state index in [0.717, 1.165) is 24.7 Å². The molecule has 1 aromatic rings.